The number of hydrogen-bond donors (Lipinski definition) is 1. The number of rotatable bonds is 8. The molecule has 2 aromatic rings. The van der Waals surface area contributed by atoms with E-state index in [-0.39, 0.29) is 12.1 Å². The molecule has 1 atom stereocenters. The number of carbonyl (C=O) groups is 1. The van der Waals surface area contributed by atoms with Gasteiger partial charge in [0.1, 0.15) is 0 Å². The minimum atomic E-state index is -0.0761. The van der Waals surface area contributed by atoms with E-state index in [1.807, 2.05) is 36.4 Å². The lowest BCUT2D eigenvalue weighted by Crippen LogP contribution is -2.44. The fourth-order valence-electron chi connectivity index (χ4n) is 2.80. The summed E-state index contributed by atoms with van der Waals surface area (Å²) in [7, 11) is 0. The van der Waals surface area contributed by atoms with Gasteiger partial charge in [0.05, 0.1) is 23.4 Å². The van der Waals surface area contributed by atoms with Crippen molar-refractivity contribution in [2.24, 2.45) is 0 Å². The predicted octanol–water partition coefficient (Wildman–Crippen LogP) is 2.96. The van der Waals surface area contributed by atoms with Crippen molar-refractivity contribution in [3.8, 4) is 0 Å². The largest absolute Gasteiger partial charge is 0.376 e. The van der Waals surface area contributed by atoms with Gasteiger partial charge in [0.25, 0.3) is 0 Å². The number of nitrogens with one attached hydrogen (secondary N) is 1. The summed E-state index contributed by atoms with van der Waals surface area (Å²) in [5.41, 5.74) is 0.878. The van der Waals surface area contributed by atoms with E-state index in [9.17, 15) is 4.79 Å². The molecule has 1 fully saturated rings. The van der Waals surface area contributed by atoms with Crippen LogP contribution in [0.5, 0.6) is 0 Å². The molecule has 2 amide bonds. The molecule has 0 radical (unpaired) electrons. The molecule has 3 heterocycles. The van der Waals surface area contributed by atoms with E-state index in [4.69, 9.17) is 4.74 Å². The summed E-state index contributed by atoms with van der Waals surface area (Å²) in [6, 6.07) is 11.5. The first-order valence-corrected chi connectivity index (χ1v) is 9.88. The molecule has 0 aromatic carbocycles. The van der Waals surface area contributed by atoms with E-state index in [0.29, 0.717) is 19.6 Å². The quantitative estimate of drug-likeness (QED) is 0.570. The van der Waals surface area contributed by atoms with Crippen LogP contribution >= 0.6 is 11.8 Å². The summed E-state index contributed by atoms with van der Waals surface area (Å²) in [4.78, 5) is 23.1. The van der Waals surface area contributed by atoms with Gasteiger partial charge in [0, 0.05) is 37.8 Å². The van der Waals surface area contributed by atoms with Gasteiger partial charge in [-0.3, -0.25) is 4.98 Å². The van der Waals surface area contributed by atoms with Crippen molar-refractivity contribution in [1.82, 2.24) is 20.2 Å². The van der Waals surface area contributed by atoms with Crippen LogP contribution in [0.1, 0.15) is 18.5 Å². The number of carbonyl (C=O) groups excluding carboxylic acids is 1. The predicted molar refractivity (Wildman–Crippen MR) is 102 cm³/mol. The first-order valence-electron chi connectivity index (χ1n) is 8.89. The van der Waals surface area contributed by atoms with Crippen molar-refractivity contribution >= 4 is 17.8 Å². The smallest absolute Gasteiger partial charge is 0.317 e. The second-order valence-corrected chi connectivity index (χ2v) is 7.20. The summed E-state index contributed by atoms with van der Waals surface area (Å²) in [6.45, 7) is 2.45. The van der Waals surface area contributed by atoms with Gasteiger partial charge in [0.15, 0.2) is 0 Å². The molecule has 26 heavy (non-hydrogen) atoms. The van der Waals surface area contributed by atoms with Crippen LogP contribution in [0.15, 0.2) is 53.8 Å². The summed E-state index contributed by atoms with van der Waals surface area (Å²) >= 11 is 1.63. The third kappa shape index (κ3) is 6.00. The third-order valence-electron chi connectivity index (χ3n) is 4.08. The monoisotopic (exact) mass is 372 g/mol. The van der Waals surface area contributed by atoms with Crippen LogP contribution in [0.4, 0.5) is 4.79 Å². The number of aromatic nitrogens is 2. The number of ether oxygens (including phenoxy) is 1. The minimum absolute atomic E-state index is 0.0761. The lowest BCUT2D eigenvalue weighted by atomic mass is 10.2. The van der Waals surface area contributed by atoms with Gasteiger partial charge in [-0.2, -0.15) is 0 Å². The molecular weight excluding hydrogens is 348 g/mol. The van der Waals surface area contributed by atoms with E-state index >= 15 is 0 Å². The second-order valence-electron chi connectivity index (χ2n) is 6.08. The number of pyridine rings is 2. The van der Waals surface area contributed by atoms with Crippen molar-refractivity contribution in [3.63, 3.8) is 0 Å². The molecule has 1 saturated heterocycles. The Bertz CT molecular complexity index is 666. The molecule has 2 aromatic heterocycles. The normalized spacial score (nSPS) is 16.4. The first kappa shape index (κ1) is 18.7. The minimum Gasteiger partial charge on any atom is -0.376 e. The molecule has 0 unspecified atom stereocenters. The first-order chi connectivity index (χ1) is 12.8. The van der Waals surface area contributed by atoms with Crippen LogP contribution in [0, 0.1) is 0 Å². The maximum absolute atomic E-state index is 12.7. The fourth-order valence-corrected chi connectivity index (χ4v) is 3.52. The Morgan fingerprint density at radius 3 is 2.77 bits per heavy atom. The van der Waals surface area contributed by atoms with E-state index in [0.717, 1.165) is 35.9 Å². The Morgan fingerprint density at radius 1 is 1.23 bits per heavy atom. The number of thioether (sulfide) groups is 1. The zero-order chi connectivity index (χ0) is 18.0. The van der Waals surface area contributed by atoms with E-state index in [1.165, 1.54) is 0 Å². The molecular formula is C19H24N4O2S. The standard InChI is InChI=1S/C19H24N4O2S/c24-19(22-11-13-26-18-8-2-4-10-21-18)23(15-17-7-5-12-25-17)14-16-6-1-3-9-20-16/h1-4,6,8-10,17H,5,7,11-15H2,(H,22,24)/t17-/m1/s1. The van der Waals surface area contributed by atoms with Crippen molar-refractivity contribution in [3.05, 3.63) is 54.5 Å². The van der Waals surface area contributed by atoms with Crippen molar-refractivity contribution in [1.29, 1.82) is 0 Å². The van der Waals surface area contributed by atoms with Crippen molar-refractivity contribution in [2.75, 3.05) is 25.4 Å². The second kappa shape index (κ2) is 10.1. The molecule has 6 nitrogen and oxygen atoms in total. The average molecular weight is 372 g/mol. The molecule has 138 valence electrons. The van der Waals surface area contributed by atoms with Gasteiger partial charge in [-0.05, 0) is 37.1 Å². The Morgan fingerprint density at radius 2 is 2.08 bits per heavy atom. The number of amides is 2. The van der Waals surface area contributed by atoms with Gasteiger partial charge in [-0.25, -0.2) is 9.78 Å². The van der Waals surface area contributed by atoms with Gasteiger partial charge in [-0.15, -0.1) is 11.8 Å². The summed E-state index contributed by atoms with van der Waals surface area (Å²) in [5.74, 6) is 0.778. The van der Waals surface area contributed by atoms with Crippen LogP contribution in [0.2, 0.25) is 0 Å². The van der Waals surface area contributed by atoms with Crippen molar-refractivity contribution in [2.45, 2.75) is 30.5 Å². The highest BCUT2D eigenvalue weighted by molar-refractivity contribution is 7.99. The number of nitrogens with zero attached hydrogens (tertiary/aromatic N) is 3. The van der Waals surface area contributed by atoms with E-state index in [1.54, 1.807) is 29.1 Å². The molecule has 7 heteroatoms. The molecule has 0 bridgehead atoms. The van der Waals surface area contributed by atoms with Gasteiger partial charge in [-0.1, -0.05) is 12.1 Å². The van der Waals surface area contributed by atoms with Gasteiger partial charge < -0.3 is 15.0 Å². The summed E-state index contributed by atoms with van der Waals surface area (Å²) in [6.07, 6.45) is 5.71. The lowest BCUT2D eigenvalue weighted by molar-refractivity contribution is 0.0793. The number of hydrogen-bond acceptors (Lipinski definition) is 5. The van der Waals surface area contributed by atoms with Crippen molar-refractivity contribution < 1.29 is 9.53 Å². The highest BCUT2D eigenvalue weighted by atomic mass is 32.2. The molecule has 1 aliphatic heterocycles. The molecule has 0 saturated carbocycles. The molecule has 1 N–H and O–H groups in total. The Labute approximate surface area is 158 Å². The van der Waals surface area contributed by atoms with Crippen LogP contribution in [-0.4, -0.2) is 52.5 Å². The topological polar surface area (TPSA) is 67.4 Å². The number of urea groups is 1. The van der Waals surface area contributed by atoms with Crippen LogP contribution < -0.4 is 5.32 Å². The van der Waals surface area contributed by atoms with Crippen LogP contribution in [0.3, 0.4) is 0 Å². The van der Waals surface area contributed by atoms with E-state index < -0.39 is 0 Å². The fraction of sp³-hybridized carbons (Fsp3) is 0.421. The molecule has 3 rings (SSSR count). The zero-order valence-corrected chi connectivity index (χ0v) is 15.5. The molecule has 0 aliphatic carbocycles. The molecule has 1 aliphatic rings. The van der Waals surface area contributed by atoms with E-state index in [2.05, 4.69) is 15.3 Å². The summed E-state index contributed by atoms with van der Waals surface area (Å²) in [5, 5.41) is 3.97. The lowest BCUT2D eigenvalue weighted by Gasteiger charge is -2.25. The SMILES string of the molecule is O=C(NCCSc1ccccn1)N(Cc1ccccn1)C[C@H]1CCCO1. The van der Waals surface area contributed by atoms with Gasteiger partial charge >= 0.3 is 6.03 Å². The van der Waals surface area contributed by atoms with Gasteiger partial charge in [0.2, 0.25) is 0 Å². The highest BCUT2D eigenvalue weighted by Gasteiger charge is 2.22. The van der Waals surface area contributed by atoms with Crippen LogP contribution in [-0.2, 0) is 11.3 Å². The maximum atomic E-state index is 12.7. The maximum Gasteiger partial charge on any atom is 0.317 e. The average Bonchev–Trinajstić information content (AvgIpc) is 3.19. The molecule has 0 spiro atoms. The Hall–Kier alpha value is -2.12. The Kier molecular flexibility index (Phi) is 7.27. The highest BCUT2D eigenvalue weighted by Crippen LogP contribution is 2.15. The zero-order valence-electron chi connectivity index (χ0n) is 14.7. The Balaban J connectivity index is 1.50. The third-order valence-corrected chi connectivity index (χ3v) is 5.03. The summed E-state index contributed by atoms with van der Waals surface area (Å²) < 4.78 is 5.70. The van der Waals surface area contributed by atoms with Crippen LogP contribution in [0.25, 0.3) is 0 Å².